The third-order valence-electron chi connectivity index (χ3n) is 7.64. The minimum atomic E-state index is -0.943. The molecule has 4 aromatic rings. The third-order valence-corrected chi connectivity index (χ3v) is 7.88. The Kier molecular flexibility index (Phi) is 6.80. The molecule has 1 aliphatic carbocycles. The Morgan fingerprint density at radius 3 is 2.76 bits per heavy atom. The molecular formula is C30H28ClFN2O4. The second kappa shape index (κ2) is 10.4. The Morgan fingerprint density at radius 2 is 2.00 bits per heavy atom. The molecule has 1 aromatic heterocycles. The fourth-order valence-corrected chi connectivity index (χ4v) is 5.59. The molecule has 1 saturated heterocycles. The van der Waals surface area contributed by atoms with Crippen molar-refractivity contribution in [3.63, 3.8) is 0 Å². The lowest BCUT2D eigenvalue weighted by Gasteiger charge is -2.29. The zero-order valence-electron chi connectivity index (χ0n) is 20.8. The number of imidazole rings is 1. The van der Waals surface area contributed by atoms with Gasteiger partial charge in [0, 0.05) is 23.6 Å². The van der Waals surface area contributed by atoms with Gasteiger partial charge < -0.3 is 19.1 Å². The topological polar surface area (TPSA) is 73.6 Å². The number of benzene rings is 3. The molecule has 2 atom stereocenters. The van der Waals surface area contributed by atoms with Crippen LogP contribution in [0, 0.1) is 11.7 Å². The predicted molar refractivity (Wildman–Crippen MR) is 142 cm³/mol. The first-order chi connectivity index (χ1) is 18.4. The number of aryl methyl sites for hydroxylation is 1. The van der Waals surface area contributed by atoms with Crippen molar-refractivity contribution in [2.75, 3.05) is 6.61 Å². The number of hydrogen-bond donors (Lipinski definition) is 1. The van der Waals surface area contributed by atoms with E-state index in [1.54, 1.807) is 30.3 Å². The van der Waals surface area contributed by atoms with Crippen molar-refractivity contribution < 1.29 is 23.8 Å². The first kappa shape index (κ1) is 24.9. The van der Waals surface area contributed by atoms with Crippen LogP contribution in [0.2, 0.25) is 5.02 Å². The van der Waals surface area contributed by atoms with Crippen LogP contribution in [-0.2, 0) is 37.2 Å². The third kappa shape index (κ3) is 5.13. The van der Waals surface area contributed by atoms with Crippen LogP contribution < -0.4 is 4.74 Å². The van der Waals surface area contributed by atoms with Crippen molar-refractivity contribution >= 4 is 28.6 Å². The van der Waals surface area contributed by atoms with Crippen molar-refractivity contribution in [1.29, 1.82) is 0 Å². The summed E-state index contributed by atoms with van der Waals surface area (Å²) in [5.41, 5.74) is 4.94. The molecule has 6 nitrogen and oxygen atoms in total. The minimum Gasteiger partial charge on any atom is -0.489 e. The van der Waals surface area contributed by atoms with Gasteiger partial charge in [0.1, 0.15) is 24.0 Å². The van der Waals surface area contributed by atoms with Gasteiger partial charge in [0.15, 0.2) is 0 Å². The maximum atomic E-state index is 14.2. The number of rotatable bonds is 8. The van der Waals surface area contributed by atoms with E-state index in [2.05, 4.69) is 16.7 Å². The van der Waals surface area contributed by atoms with Gasteiger partial charge in [-0.3, -0.25) is 0 Å². The van der Waals surface area contributed by atoms with Gasteiger partial charge in [0.25, 0.3) is 0 Å². The van der Waals surface area contributed by atoms with Crippen molar-refractivity contribution in [3.8, 4) is 5.75 Å². The van der Waals surface area contributed by atoms with Crippen molar-refractivity contribution in [3.05, 3.63) is 93.5 Å². The number of nitrogens with zero attached hydrogens (tertiary/aromatic N) is 2. The standard InChI is InChI=1S/C30H28ClFN2O4/c31-23-6-3-21(26(32)15-23)17-38-24-7-4-19-2-1-18(11-22(19)13-24)12-29-33-27-8-5-20(30(35)36)14-28(27)34(29)16-25-9-10-37-25/h3-8,13-15,18,25H,1-2,9-12,16-17H2,(H,35,36). The SMILES string of the molecule is O=C(O)c1ccc2nc(CC3CCc4ccc(OCc5ccc(Cl)cc5F)cc4C3)n(CC3CCO3)c2c1. The average molecular weight is 535 g/mol. The summed E-state index contributed by atoms with van der Waals surface area (Å²) >= 11 is 5.86. The number of carboxylic acids is 1. The van der Waals surface area contributed by atoms with E-state index in [4.69, 9.17) is 26.1 Å². The lowest BCUT2D eigenvalue weighted by molar-refractivity contribution is -0.0590. The summed E-state index contributed by atoms with van der Waals surface area (Å²) in [6.45, 7) is 1.58. The smallest absolute Gasteiger partial charge is 0.335 e. The van der Waals surface area contributed by atoms with Crippen molar-refractivity contribution in [1.82, 2.24) is 9.55 Å². The van der Waals surface area contributed by atoms with Gasteiger partial charge in [0.2, 0.25) is 0 Å². The highest BCUT2D eigenvalue weighted by Gasteiger charge is 2.26. The van der Waals surface area contributed by atoms with Gasteiger partial charge in [-0.1, -0.05) is 23.7 Å². The maximum Gasteiger partial charge on any atom is 0.335 e. The fraction of sp³-hybridized carbons (Fsp3) is 0.333. The van der Waals surface area contributed by atoms with E-state index in [0.29, 0.717) is 28.8 Å². The molecule has 0 amide bonds. The summed E-state index contributed by atoms with van der Waals surface area (Å²) in [4.78, 5) is 16.5. The monoisotopic (exact) mass is 534 g/mol. The number of fused-ring (bicyclic) bond motifs is 2. The normalized spacial score (nSPS) is 18.7. The Bertz CT molecular complexity index is 1510. The highest BCUT2D eigenvalue weighted by atomic mass is 35.5. The van der Waals surface area contributed by atoms with Gasteiger partial charge in [-0.25, -0.2) is 14.2 Å². The second-order valence-electron chi connectivity index (χ2n) is 10.2. The molecule has 2 aliphatic rings. The second-order valence-corrected chi connectivity index (χ2v) is 10.6. The largest absolute Gasteiger partial charge is 0.489 e. The highest BCUT2D eigenvalue weighted by molar-refractivity contribution is 6.30. The van der Waals surface area contributed by atoms with E-state index >= 15 is 0 Å². The molecule has 3 aromatic carbocycles. The maximum absolute atomic E-state index is 14.2. The molecule has 2 unspecified atom stereocenters. The van der Waals surface area contributed by atoms with Gasteiger partial charge in [-0.05, 0) is 85.2 Å². The molecule has 38 heavy (non-hydrogen) atoms. The molecule has 2 heterocycles. The van der Waals surface area contributed by atoms with Crippen LogP contribution in [0.1, 0.15) is 45.7 Å². The van der Waals surface area contributed by atoms with Crippen LogP contribution in [0.15, 0.2) is 54.6 Å². The first-order valence-corrected chi connectivity index (χ1v) is 13.3. The highest BCUT2D eigenvalue weighted by Crippen LogP contribution is 2.32. The number of carbonyl (C=O) groups is 1. The zero-order chi connectivity index (χ0) is 26.2. The molecule has 196 valence electrons. The van der Waals surface area contributed by atoms with E-state index in [1.807, 2.05) is 6.07 Å². The Balaban J connectivity index is 1.20. The molecule has 0 spiro atoms. The number of hydrogen-bond acceptors (Lipinski definition) is 4. The van der Waals surface area contributed by atoms with Crippen LogP contribution in [0.3, 0.4) is 0 Å². The number of halogens is 2. The number of carboxylic acid groups (broad SMARTS) is 1. The minimum absolute atomic E-state index is 0.136. The predicted octanol–water partition coefficient (Wildman–Crippen LogP) is 6.24. The summed E-state index contributed by atoms with van der Waals surface area (Å²) < 4.78 is 27.9. The number of ether oxygens (including phenoxy) is 2. The molecule has 0 radical (unpaired) electrons. The van der Waals surface area contributed by atoms with Crippen LogP contribution in [-0.4, -0.2) is 33.3 Å². The van der Waals surface area contributed by atoms with Gasteiger partial charge in [0.05, 0.1) is 29.2 Å². The molecule has 6 rings (SSSR count). The first-order valence-electron chi connectivity index (χ1n) is 13.0. The van der Waals surface area contributed by atoms with Crippen LogP contribution in [0.25, 0.3) is 11.0 Å². The molecule has 8 heteroatoms. The summed E-state index contributed by atoms with van der Waals surface area (Å²) in [6.07, 6.45) is 4.85. The summed E-state index contributed by atoms with van der Waals surface area (Å²) in [5.74, 6) is 0.762. The number of aromatic carboxylic acids is 1. The molecular weight excluding hydrogens is 507 g/mol. The summed E-state index contributed by atoms with van der Waals surface area (Å²) in [7, 11) is 0. The van der Waals surface area contributed by atoms with Crippen molar-refractivity contribution in [2.45, 2.75) is 51.4 Å². The van der Waals surface area contributed by atoms with Crippen molar-refractivity contribution in [2.24, 2.45) is 5.92 Å². The molecule has 1 N–H and O–H groups in total. The lowest BCUT2D eigenvalue weighted by Crippen LogP contribution is -2.32. The Hall–Kier alpha value is -3.42. The van der Waals surface area contributed by atoms with E-state index in [1.165, 1.54) is 17.2 Å². The van der Waals surface area contributed by atoms with Crippen LogP contribution in [0.5, 0.6) is 5.75 Å². The molecule has 1 aliphatic heterocycles. The van der Waals surface area contributed by atoms with Gasteiger partial charge in [-0.2, -0.15) is 0 Å². The quantitative estimate of drug-likeness (QED) is 0.289. The number of aromatic nitrogens is 2. The van der Waals surface area contributed by atoms with E-state index in [-0.39, 0.29) is 24.1 Å². The van der Waals surface area contributed by atoms with Gasteiger partial charge >= 0.3 is 5.97 Å². The van der Waals surface area contributed by atoms with Crippen LogP contribution in [0.4, 0.5) is 4.39 Å². The van der Waals surface area contributed by atoms with E-state index in [0.717, 1.165) is 55.6 Å². The van der Waals surface area contributed by atoms with Gasteiger partial charge in [-0.15, -0.1) is 0 Å². The zero-order valence-corrected chi connectivity index (χ0v) is 21.6. The Morgan fingerprint density at radius 1 is 1.13 bits per heavy atom. The average Bonchev–Trinajstić information content (AvgIpc) is 3.21. The molecule has 0 saturated carbocycles. The Labute approximate surface area is 225 Å². The summed E-state index contributed by atoms with van der Waals surface area (Å²) in [5, 5.41) is 9.86. The van der Waals surface area contributed by atoms with E-state index in [9.17, 15) is 14.3 Å². The fourth-order valence-electron chi connectivity index (χ4n) is 5.43. The lowest BCUT2D eigenvalue weighted by atomic mass is 9.82. The van der Waals surface area contributed by atoms with Crippen LogP contribution >= 0.6 is 11.6 Å². The molecule has 0 bridgehead atoms. The summed E-state index contributed by atoms with van der Waals surface area (Å²) in [6, 6.07) is 15.9. The molecule has 1 fully saturated rings. The van der Waals surface area contributed by atoms with E-state index < -0.39 is 5.97 Å².